The lowest BCUT2D eigenvalue weighted by Gasteiger charge is -2.12. The Bertz CT molecular complexity index is 991. The maximum Gasteiger partial charge on any atom is 0.354 e. The van der Waals surface area contributed by atoms with E-state index in [1.54, 1.807) is 37.4 Å². The molecule has 0 saturated carbocycles. The van der Waals surface area contributed by atoms with Gasteiger partial charge >= 0.3 is 12.0 Å². The fraction of sp³-hybridized carbons (Fsp3) is 0.118. The number of hydrogen-bond acceptors (Lipinski definition) is 4. The second kappa shape index (κ2) is 7.65. The Morgan fingerprint density at radius 3 is 2.81 bits per heavy atom. The van der Waals surface area contributed by atoms with Gasteiger partial charge in [0.2, 0.25) is 0 Å². The van der Waals surface area contributed by atoms with Gasteiger partial charge in [0.15, 0.2) is 11.4 Å². The average Bonchev–Trinajstić information content (AvgIpc) is 2.88. The van der Waals surface area contributed by atoms with Gasteiger partial charge in [-0.2, -0.15) is 4.98 Å². The Labute approximate surface area is 167 Å². The maximum atomic E-state index is 11.7. The predicted molar refractivity (Wildman–Crippen MR) is 101 cm³/mol. The van der Waals surface area contributed by atoms with Crippen molar-refractivity contribution in [3.63, 3.8) is 0 Å². The van der Waals surface area contributed by atoms with Crippen LogP contribution in [0, 0.1) is 6.92 Å². The summed E-state index contributed by atoms with van der Waals surface area (Å²) in [5.74, 6) is -0.707. The molecule has 0 aliphatic rings. The summed E-state index contributed by atoms with van der Waals surface area (Å²) in [6, 6.07) is 6.82. The van der Waals surface area contributed by atoms with Crippen molar-refractivity contribution in [2.75, 3.05) is 0 Å². The molecule has 1 aromatic carbocycles. The van der Waals surface area contributed by atoms with E-state index >= 15 is 0 Å². The van der Waals surface area contributed by atoms with E-state index in [-0.39, 0.29) is 18.2 Å². The molecule has 0 bridgehead atoms. The Morgan fingerprint density at radius 1 is 1.35 bits per heavy atom. The van der Waals surface area contributed by atoms with Crippen LogP contribution >= 0.6 is 39.1 Å². The number of carboxylic acid groups (broad SMARTS) is 1. The van der Waals surface area contributed by atoms with Crippen LogP contribution in [0.5, 0.6) is 11.8 Å². The molecule has 1 N–H and O–H groups in total. The number of carboxylic acids is 1. The van der Waals surface area contributed by atoms with Gasteiger partial charge in [0.25, 0.3) is 0 Å². The van der Waals surface area contributed by atoms with E-state index in [9.17, 15) is 9.90 Å². The van der Waals surface area contributed by atoms with Crippen LogP contribution in [0.25, 0.3) is 0 Å². The molecule has 2 heterocycles. The summed E-state index contributed by atoms with van der Waals surface area (Å²) in [7, 11) is 0. The van der Waals surface area contributed by atoms with Crippen molar-refractivity contribution in [3.05, 3.63) is 68.1 Å². The predicted octanol–water partition coefficient (Wildman–Crippen LogP) is 5.19. The van der Waals surface area contributed by atoms with Gasteiger partial charge in [0, 0.05) is 16.2 Å². The third kappa shape index (κ3) is 3.85. The van der Waals surface area contributed by atoms with Crippen LogP contribution in [0.3, 0.4) is 0 Å². The Morgan fingerprint density at radius 2 is 2.12 bits per heavy atom. The minimum Gasteiger partial charge on any atom is -0.477 e. The van der Waals surface area contributed by atoms with Gasteiger partial charge in [-0.25, -0.2) is 4.79 Å². The summed E-state index contributed by atoms with van der Waals surface area (Å²) in [4.78, 5) is 20.0. The molecule has 2 aromatic heterocycles. The molecule has 0 fully saturated rings. The van der Waals surface area contributed by atoms with Crippen LogP contribution in [0.1, 0.15) is 21.7 Å². The van der Waals surface area contributed by atoms with E-state index in [1.807, 2.05) is 0 Å². The molecule has 0 radical (unpaired) electrons. The molecular formula is C17H12BrCl2N3O3. The highest BCUT2D eigenvalue weighted by Gasteiger charge is 2.23. The quantitative estimate of drug-likeness (QED) is 0.571. The number of aryl methyl sites for hydroxylation is 1. The van der Waals surface area contributed by atoms with E-state index in [1.165, 1.54) is 10.8 Å². The summed E-state index contributed by atoms with van der Waals surface area (Å²) in [5, 5.41) is 10.5. The standard InChI is InChI=1S/C17H12BrCl2N3O3/c1-9-15(16(24)25)23(8-10-6-11(19)2-3-13(10)20)17(22-9)26-14-7-21-5-4-12(14)18/h2-7H,8H2,1H3,(H,24,25). The maximum absolute atomic E-state index is 11.7. The summed E-state index contributed by atoms with van der Waals surface area (Å²) < 4.78 is 7.90. The second-order valence-electron chi connectivity index (χ2n) is 5.36. The monoisotopic (exact) mass is 455 g/mol. The minimum absolute atomic E-state index is 0.0102. The van der Waals surface area contributed by atoms with Crippen LogP contribution in [0.2, 0.25) is 10.0 Å². The largest absolute Gasteiger partial charge is 0.477 e. The van der Waals surface area contributed by atoms with Crippen molar-refractivity contribution in [3.8, 4) is 11.8 Å². The SMILES string of the molecule is Cc1nc(Oc2cnccc2Br)n(Cc2cc(Cl)ccc2Cl)c1C(=O)O. The highest BCUT2D eigenvalue weighted by Crippen LogP contribution is 2.31. The van der Waals surface area contributed by atoms with Gasteiger partial charge in [-0.3, -0.25) is 9.55 Å². The van der Waals surface area contributed by atoms with Gasteiger partial charge in [-0.05, 0) is 52.7 Å². The molecule has 0 atom stereocenters. The number of aromatic carboxylic acids is 1. The molecule has 3 rings (SSSR count). The first-order valence-electron chi connectivity index (χ1n) is 7.38. The third-order valence-corrected chi connectivity index (χ3v) is 4.84. The first-order valence-corrected chi connectivity index (χ1v) is 8.93. The highest BCUT2D eigenvalue weighted by molar-refractivity contribution is 9.10. The van der Waals surface area contributed by atoms with Crippen molar-refractivity contribution in [1.82, 2.24) is 14.5 Å². The topological polar surface area (TPSA) is 77.2 Å². The number of rotatable bonds is 5. The van der Waals surface area contributed by atoms with Gasteiger partial charge in [0.1, 0.15) is 0 Å². The summed E-state index contributed by atoms with van der Waals surface area (Å²) in [6.07, 6.45) is 3.11. The molecule has 3 aromatic rings. The number of aromatic nitrogens is 3. The van der Waals surface area contributed by atoms with E-state index < -0.39 is 5.97 Å². The zero-order valence-corrected chi connectivity index (χ0v) is 16.5. The Hall–Kier alpha value is -2.09. The number of ether oxygens (including phenoxy) is 1. The van der Waals surface area contributed by atoms with Crippen molar-refractivity contribution >= 4 is 45.1 Å². The third-order valence-electron chi connectivity index (χ3n) is 3.58. The first-order chi connectivity index (χ1) is 12.4. The zero-order valence-electron chi connectivity index (χ0n) is 13.4. The fourth-order valence-electron chi connectivity index (χ4n) is 2.41. The molecule has 0 unspecified atom stereocenters. The molecule has 0 spiro atoms. The van der Waals surface area contributed by atoms with E-state index in [2.05, 4.69) is 25.9 Å². The fourth-order valence-corrected chi connectivity index (χ4v) is 3.09. The number of halogens is 3. The van der Waals surface area contributed by atoms with Crippen LogP contribution in [-0.4, -0.2) is 25.6 Å². The van der Waals surface area contributed by atoms with Crippen molar-refractivity contribution < 1.29 is 14.6 Å². The van der Waals surface area contributed by atoms with E-state index in [0.717, 1.165) is 0 Å². The smallest absolute Gasteiger partial charge is 0.354 e. The number of hydrogen-bond donors (Lipinski definition) is 1. The number of pyridine rings is 1. The van der Waals surface area contributed by atoms with E-state index in [4.69, 9.17) is 27.9 Å². The lowest BCUT2D eigenvalue weighted by atomic mass is 10.2. The Kier molecular flexibility index (Phi) is 5.50. The Balaban J connectivity index is 2.08. The molecule has 0 aliphatic heterocycles. The molecule has 6 nitrogen and oxygen atoms in total. The molecule has 0 saturated heterocycles. The van der Waals surface area contributed by atoms with Gasteiger partial charge in [0.05, 0.1) is 22.9 Å². The van der Waals surface area contributed by atoms with Gasteiger partial charge in [-0.15, -0.1) is 0 Å². The molecule has 0 amide bonds. The lowest BCUT2D eigenvalue weighted by Crippen LogP contribution is -2.12. The number of carbonyl (C=O) groups is 1. The molecule has 0 aliphatic carbocycles. The van der Waals surface area contributed by atoms with Crippen molar-refractivity contribution in [2.45, 2.75) is 13.5 Å². The average molecular weight is 457 g/mol. The van der Waals surface area contributed by atoms with Gasteiger partial charge in [-0.1, -0.05) is 23.2 Å². The van der Waals surface area contributed by atoms with Gasteiger partial charge < -0.3 is 9.84 Å². The molecular weight excluding hydrogens is 445 g/mol. The number of imidazole rings is 1. The van der Waals surface area contributed by atoms with Crippen molar-refractivity contribution in [1.29, 1.82) is 0 Å². The molecule has 26 heavy (non-hydrogen) atoms. The normalized spacial score (nSPS) is 10.8. The molecule has 134 valence electrons. The number of nitrogens with zero attached hydrogens (tertiary/aromatic N) is 3. The van der Waals surface area contributed by atoms with Crippen LogP contribution < -0.4 is 4.74 Å². The number of benzene rings is 1. The minimum atomic E-state index is -1.12. The highest BCUT2D eigenvalue weighted by atomic mass is 79.9. The summed E-state index contributed by atoms with van der Waals surface area (Å²) >= 11 is 15.6. The second-order valence-corrected chi connectivity index (χ2v) is 7.06. The van der Waals surface area contributed by atoms with Crippen LogP contribution in [0.4, 0.5) is 0 Å². The van der Waals surface area contributed by atoms with Crippen LogP contribution in [-0.2, 0) is 6.54 Å². The lowest BCUT2D eigenvalue weighted by molar-refractivity contribution is 0.0683. The first kappa shape index (κ1) is 18.7. The summed E-state index contributed by atoms with van der Waals surface area (Å²) in [6.45, 7) is 1.74. The van der Waals surface area contributed by atoms with Crippen molar-refractivity contribution in [2.24, 2.45) is 0 Å². The zero-order chi connectivity index (χ0) is 18.8. The van der Waals surface area contributed by atoms with Crippen LogP contribution in [0.15, 0.2) is 41.1 Å². The van der Waals surface area contributed by atoms with E-state index in [0.29, 0.717) is 31.5 Å². The summed E-state index contributed by atoms with van der Waals surface area (Å²) in [5.41, 5.74) is 0.982. The molecule has 9 heteroatoms.